The van der Waals surface area contributed by atoms with Crippen molar-refractivity contribution in [3.05, 3.63) is 27.7 Å². The lowest BCUT2D eigenvalue weighted by atomic mass is 10.3. The van der Waals surface area contributed by atoms with Gasteiger partial charge in [-0.3, -0.25) is 0 Å². The zero-order valence-corrected chi connectivity index (χ0v) is 8.48. The van der Waals surface area contributed by atoms with E-state index in [1.54, 1.807) is 6.07 Å². The predicted molar refractivity (Wildman–Crippen MR) is 53.3 cm³/mol. The van der Waals surface area contributed by atoms with Gasteiger partial charge in [-0.25, -0.2) is 0 Å². The molecule has 0 aliphatic rings. The number of nitriles is 1. The molecule has 12 heavy (non-hydrogen) atoms. The van der Waals surface area contributed by atoms with E-state index in [1.165, 1.54) is 0 Å². The molecule has 0 saturated heterocycles. The Hall–Kier alpha value is -0.720. The maximum absolute atomic E-state index is 8.31. The van der Waals surface area contributed by atoms with Gasteiger partial charge >= 0.3 is 0 Å². The van der Waals surface area contributed by atoms with Crippen LogP contribution in [0.5, 0.6) is 0 Å². The lowest BCUT2D eigenvalue weighted by Crippen LogP contribution is -1.98. The molecular formula is C8H6BrClN2. The molecule has 62 valence electrons. The fraction of sp³-hybridized carbons (Fsp3) is 0.125. The van der Waals surface area contributed by atoms with E-state index in [2.05, 4.69) is 21.2 Å². The van der Waals surface area contributed by atoms with E-state index in [-0.39, 0.29) is 6.54 Å². The number of hydrogen-bond donors (Lipinski definition) is 1. The molecule has 0 heterocycles. The molecule has 0 bridgehead atoms. The number of anilines is 1. The molecule has 0 unspecified atom stereocenters. The predicted octanol–water partition coefficient (Wildman–Crippen LogP) is 3.04. The minimum atomic E-state index is 0.265. The summed E-state index contributed by atoms with van der Waals surface area (Å²) in [5.41, 5.74) is 0.779. The van der Waals surface area contributed by atoms with Gasteiger partial charge in [-0.15, -0.1) is 0 Å². The minimum absolute atomic E-state index is 0.265. The van der Waals surface area contributed by atoms with Gasteiger partial charge in [-0.1, -0.05) is 27.5 Å². The average Bonchev–Trinajstić information content (AvgIpc) is 2.03. The van der Waals surface area contributed by atoms with Crippen LogP contribution in [-0.2, 0) is 0 Å². The lowest BCUT2D eigenvalue weighted by molar-refractivity contribution is 1.32. The second-order valence-corrected chi connectivity index (χ2v) is 3.46. The topological polar surface area (TPSA) is 35.8 Å². The summed E-state index contributed by atoms with van der Waals surface area (Å²) in [5, 5.41) is 11.8. The maximum atomic E-state index is 8.31. The van der Waals surface area contributed by atoms with Gasteiger partial charge < -0.3 is 5.32 Å². The second kappa shape index (κ2) is 4.34. The fourth-order valence-electron chi connectivity index (χ4n) is 0.768. The third-order valence-electron chi connectivity index (χ3n) is 1.29. The third kappa shape index (κ3) is 2.40. The Morgan fingerprint density at radius 3 is 2.92 bits per heavy atom. The number of hydrogen-bond acceptors (Lipinski definition) is 2. The fourth-order valence-corrected chi connectivity index (χ4v) is 1.51. The quantitative estimate of drug-likeness (QED) is 0.813. The van der Waals surface area contributed by atoms with Gasteiger partial charge in [0.05, 0.1) is 16.8 Å². The van der Waals surface area contributed by atoms with E-state index in [0.717, 1.165) is 10.2 Å². The number of nitrogens with zero attached hydrogens (tertiary/aromatic N) is 1. The van der Waals surface area contributed by atoms with Crippen LogP contribution in [0.3, 0.4) is 0 Å². The Bertz CT molecular complexity index is 319. The zero-order valence-electron chi connectivity index (χ0n) is 6.14. The van der Waals surface area contributed by atoms with Crippen LogP contribution < -0.4 is 5.32 Å². The first-order valence-electron chi connectivity index (χ1n) is 3.30. The van der Waals surface area contributed by atoms with Crippen molar-refractivity contribution in [2.24, 2.45) is 0 Å². The molecule has 0 aromatic heterocycles. The SMILES string of the molecule is N#CCNc1ccc(Br)cc1Cl. The Morgan fingerprint density at radius 2 is 2.33 bits per heavy atom. The highest BCUT2D eigenvalue weighted by Crippen LogP contribution is 2.25. The van der Waals surface area contributed by atoms with Crippen molar-refractivity contribution in [3.8, 4) is 6.07 Å². The molecule has 1 aromatic rings. The first-order chi connectivity index (χ1) is 5.74. The molecule has 4 heteroatoms. The molecule has 0 radical (unpaired) electrons. The van der Waals surface area contributed by atoms with Crippen molar-refractivity contribution in [1.82, 2.24) is 0 Å². The molecular weight excluding hydrogens is 239 g/mol. The van der Waals surface area contributed by atoms with E-state index in [0.29, 0.717) is 5.02 Å². The molecule has 1 aromatic carbocycles. The molecule has 0 atom stereocenters. The van der Waals surface area contributed by atoms with Gasteiger partial charge in [-0.05, 0) is 18.2 Å². The van der Waals surface area contributed by atoms with Crippen molar-refractivity contribution < 1.29 is 0 Å². The van der Waals surface area contributed by atoms with Gasteiger partial charge in [-0.2, -0.15) is 5.26 Å². The van der Waals surface area contributed by atoms with Crippen LogP contribution in [0.2, 0.25) is 5.02 Å². The van der Waals surface area contributed by atoms with Crippen LogP contribution >= 0.6 is 27.5 Å². The summed E-state index contributed by atoms with van der Waals surface area (Å²) in [5.74, 6) is 0. The van der Waals surface area contributed by atoms with E-state index < -0.39 is 0 Å². The van der Waals surface area contributed by atoms with Crippen molar-refractivity contribution in [2.45, 2.75) is 0 Å². The van der Waals surface area contributed by atoms with Crippen LogP contribution in [0, 0.1) is 11.3 Å². The highest BCUT2D eigenvalue weighted by molar-refractivity contribution is 9.10. The van der Waals surface area contributed by atoms with Crippen LogP contribution in [0.25, 0.3) is 0 Å². The molecule has 1 N–H and O–H groups in total. The van der Waals surface area contributed by atoms with Crippen molar-refractivity contribution in [1.29, 1.82) is 5.26 Å². The Labute approximate surface area is 84.3 Å². The molecule has 0 fully saturated rings. The highest BCUT2D eigenvalue weighted by atomic mass is 79.9. The van der Waals surface area contributed by atoms with Gasteiger partial charge in [0, 0.05) is 4.47 Å². The first kappa shape index (κ1) is 9.37. The number of benzene rings is 1. The minimum Gasteiger partial charge on any atom is -0.371 e. The molecule has 0 aliphatic carbocycles. The lowest BCUT2D eigenvalue weighted by Gasteiger charge is -2.03. The monoisotopic (exact) mass is 244 g/mol. The molecule has 2 nitrogen and oxygen atoms in total. The van der Waals surface area contributed by atoms with Crippen molar-refractivity contribution >= 4 is 33.2 Å². The van der Waals surface area contributed by atoms with Crippen LogP contribution in [-0.4, -0.2) is 6.54 Å². The molecule has 1 rings (SSSR count). The smallest absolute Gasteiger partial charge is 0.103 e. The molecule has 0 amide bonds. The summed E-state index contributed by atoms with van der Waals surface area (Å²) in [4.78, 5) is 0. The van der Waals surface area contributed by atoms with Gasteiger partial charge in [0.15, 0.2) is 0 Å². The summed E-state index contributed by atoms with van der Waals surface area (Å²) in [7, 11) is 0. The molecule has 0 aliphatic heterocycles. The zero-order chi connectivity index (χ0) is 8.97. The second-order valence-electron chi connectivity index (χ2n) is 2.14. The van der Waals surface area contributed by atoms with E-state index in [4.69, 9.17) is 16.9 Å². The van der Waals surface area contributed by atoms with Crippen LogP contribution in [0.1, 0.15) is 0 Å². The van der Waals surface area contributed by atoms with Gasteiger partial charge in [0.1, 0.15) is 6.54 Å². The highest BCUT2D eigenvalue weighted by Gasteiger charge is 1.98. The summed E-state index contributed by atoms with van der Waals surface area (Å²) < 4.78 is 0.926. The average molecular weight is 246 g/mol. The van der Waals surface area contributed by atoms with Crippen LogP contribution in [0.4, 0.5) is 5.69 Å². The largest absolute Gasteiger partial charge is 0.371 e. The maximum Gasteiger partial charge on any atom is 0.103 e. The van der Waals surface area contributed by atoms with Crippen molar-refractivity contribution in [2.75, 3.05) is 11.9 Å². The number of nitrogens with one attached hydrogen (secondary N) is 1. The third-order valence-corrected chi connectivity index (χ3v) is 2.09. The van der Waals surface area contributed by atoms with Gasteiger partial charge in [0.2, 0.25) is 0 Å². The Morgan fingerprint density at radius 1 is 1.58 bits per heavy atom. The van der Waals surface area contributed by atoms with Crippen molar-refractivity contribution in [3.63, 3.8) is 0 Å². The first-order valence-corrected chi connectivity index (χ1v) is 4.47. The summed E-state index contributed by atoms with van der Waals surface area (Å²) in [6.07, 6.45) is 0. The van der Waals surface area contributed by atoms with Crippen LogP contribution in [0.15, 0.2) is 22.7 Å². The number of halogens is 2. The Kier molecular flexibility index (Phi) is 3.39. The van der Waals surface area contributed by atoms with E-state index in [1.807, 2.05) is 18.2 Å². The summed E-state index contributed by atoms with van der Waals surface area (Å²) in [6, 6.07) is 7.45. The summed E-state index contributed by atoms with van der Waals surface area (Å²) >= 11 is 9.15. The van der Waals surface area contributed by atoms with Gasteiger partial charge in [0.25, 0.3) is 0 Å². The molecule has 0 spiro atoms. The normalized spacial score (nSPS) is 9.08. The Balaban J connectivity index is 2.81. The molecule has 0 saturated carbocycles. The van der Waals surface area contributed by atoms with E-state index in [9.17, 15) is 0 Å². The number of rotatable bonds is 2. The summed E-state index contributed by atoms with van der Waals surface area (Å²) in [6.45, 7) is 0.265. The van der Waals surface area contributed by atoms with E-state index >= 15 is 0 Å². The standard InChI is InChI=1S/C8H6BrClN2/c9-6-1-2-8(7(10)5-6)12-4-3-11/h1-2,5,12H,4H2.